The van der Waals surface area contributed by atoms with Crippen molar-refractivity contribution in [1.82, 2.24) is 0 Å². The summed E-state index contributed by atoms with van der Waals surface area (Å²) in [5.41, 5.74) is 1.88. The molecule has 30 heavy (non-hydrogen) atoms. The van der Waals surface area contributed by atoms with E-state index in [1.54, 1.807) is 12.1 Å². The summed E-state index contributed by atoms with van der Waals surface area (Å²) in [6, 6.07) is 10.9. The van der Waals surface area contributed by atoms with Crippen molar-refractivity contribution >= 4 is 23.1 Å². The Balaban J connectivity index is 1.81. The highest BCUT2D eigenvalue weighted by Crippen LogP contribution is 2.35. The summed E-state index contributed by atoms with van der Waals surface area (Å²) in [6.07, 6.45) is -4.56. The normalized spacial score (nSPS) is 14.7. The van der Waals surface area contributed by atoms with Gasteiger partial charge in [-0.1, -0.05) is 29.8 Å². The molecule has 0 fully saturated rings. The van der Waals surface area contributed by atoms with Crippen LogP contribution in [0.15, 0.2) is 48.0 Å². The Labute approximate surface area is 176 Å². The topological polar surface area (TPSA) is 55.8 Å². The lowest BCUT2D eigenvalue weighted by atomic mass is 9.97. The van der Waals surface area contributed by atoms with Gasteiger partial charge in [0.2, 0.25) is 0 Å². The second-order valence-electron chi connectivity index (χ2n) is 6.89. The molecule has 0 unspecified atom stereocenters. The number of halogens is 4. The molecule has 2 aromatic rings. The van der Waals surface area contributed by atoms with Gasteiger partial charge >= 0.3 is 12.1 Å². The van der Waals surface area contributed by atoms with Crippen LogP contribution < -0.4 is 4.74 Å². The fraction of sp³-hybridized carbons (Fsp3) is 0.318. The summed E-state index contributed by atoms with van der Waals surface area (Å²) >= 11 is 5.94. The molecule has 160 valence electrons. The largest absolute Gasteiger partial charge is 0.489 e. The summed E-state index contributed by atoms with van der Waals surface area (Å²) in [7, 11) is 0. The van der Waals surface area contributed by atoms with Crippen molar-refractivity contribution in [3.05, 3.63) is 69.8 Å². The third kappa shape index (κ3) is 5.77. The minimum Gasteiger partial charge on any atom is -0.489 e. The lowest BCUT2D eigenvalue weighted by Gasteiger charge is -2.22. The molecule has 4 nitrogen and oxygen atoms in total. The Morgan fingerprint density at radius 3 is 2.57 bits per heavy atom. The zero-order chi connectivity index (χ0) is 21.7. The van der Waals surface area contributed by atoms with E-state index in [-0.39, 0.29) is 30.8 Å². The molecule has 1 aliphatic heterocycles. The molecule has 1 heterocycles. The quantitative estimate of drug-likeness (QED) is 0.606. The van der Waals surface area contributed by atoms with Gasteiger partial charge in [0, 0.05) is 11.4 Å². The van der Waals surface area contributed by atoms with E-state index < -0.39 is 17.7 Å². The molecule has 1 aliphatic rings. The van der Waals surface area contributed by atoms with E-state index in [0.717, 1.165) is 22.8 Å². The van der Waals surface area contributed by atoms with Gasteiger partial charge in [0.1, 0.15) is 12.4 Å². The molecular formula is C22H20ClF3O4. The van der Waals surface area contributed by atoms with Crippen molar-refractivity contribution in [3.63, 3.8) is 0 Å². The van der Waals surface area contributed by atoms with Crippen LogP contribution in [0.25, 0.3) is 5.57 Å². The van der Waals surface area contributed by atoms with E-state index in [1.165, 1.54) is 12.1 Å². The van der Waals surface area contributed by atoms with Gasteiger partial charge in [0.05, 0.1) is 18.8 Å². The Kier molecular flexibility index (Phi) is 7.05. The number of benzene rings is 2. The maximum Gasteiger partial charge on any atom is 0.416 e. The third-order valence-corrected chi connectivity index (χ3v) is 5.07. The van der Waals surface area contributed by atoms with Crippen LogP contribution in [0.3, 0.4) is 0 Å². The summed E-state index contributed by atoms with van der Waals surface area (Å²) < 4.78 is 51.5. The zero-order valence-corrected chi connectivity index (χ0v) is 16.7. The van der Waals surface area contributed by atoms with Gasteiger partial charge in [-0.15, -0.1) is 0 Å². The minimum absolute atomic E-state index is 0.0654. The van der Waals surface area contributed by atoms with Crippen LogP contribution in [0, 0.1) is 0 Å². The summed E-state index contributed by atoms with van der Waals surface area (Å²) in [4.78, 5) is 10.7. The van der Waals surface area contributed by atoms with Crippen molar-refractivity contribution in [1.29, 1.82) is 0 Å². The molecule has 0 aliphatic carbocycles. The van der Waals surface area contributed by atoms with Crippen LogP contribution in [0.5, 0.6) is 5.75 Å². The smallest absolute Gasteiger partial charge is 0.416 e. The first-order valence-electron chi connectivity index (χ1n) is 9.33. The number of hydrogen-bond acceptors (Lipinski definition) is 3. The predicted molar refractivity (Wildman–Crippen MR) is 107 cm³/mol. The van der Waals surface area contributed by atoms with Crippen LogP contribution in [0.2, 0.25) is 5.02 Å². The van der Waals surface area contributed by atoms with Crippen LogP contribution in [0.1, 0.15) is 29.5 Å². The van der Waals surface area contributed by atoms with Gasteiger partial charge in [0.25, 0.3) is 0 Å². The van der Waals surface area contributed by atoms with Gasteiger partial charge in [-0.3, -0.25) is 4.79 Å². The number of aliphatic carboxylic acids is 1. The Morgan fingerprint density at radius 2 is 1.90 bits per heavy atom. The third-order valence-electron chi connectivity index (χ3n) is 4.82. The molecule has 2 aromatic carbocycles. The van der Waals surface area contributed by atoms with E-state index in [4.69, 9.17) is 26.2 Å². The fourth-order valence-corrected chi connectivity index (χ4v) is 3.39. The highest BCUT2D eigenvalue weighted by molar-refractivity contribution is 6.30. The Bertz CT molecular complexity index is 936. The summed E-state index contributed by atoms with van der Waals surface area (Å²) in [5.74, 6) is -1.07. The standard InChI is InChI=1S/C22H20ClF3O4/c23-17-5-1-14(2-6-17)19-13-29-10-9-16(19)12-30-18-7-3-15(4-8-21(27)28)20(11-18)22(24,25)26/h1-3,5-7,11H,4,8-10,12-13H2,(H,27,28). The van der Waals surface area contributed by atoms with Crippen molar-refractivity contribution in [2.45, 2.75) is 25.4 Å². The number of rotatable bonds is 7. The molecule has 8 heteroatoms. The molecule has 0 aromatic heterocycles. The number of carboxylic acids is 1. The highest BCUT2D eigenvalue weighted by atomic mass is 35.5. The molecule has 3 rings (SSSR count). The van der Waals surface area contributed by atoms with Gasteiger partial charge in [-0.05, 0) is 59.4 Å². The van der Waals surface area contributed by atoms with E-state index >= 15 is 0 Å². The van der Waals surface area contributed by atoms with Crippen LogP contribution >= 0.6 is 11.6 Å². The van der Waals surface area contributed by atoms with Crippen LogP contribution in [-0.2, 0) is 22.1 Å². The minimum atomic E-state index is -4.60. The number of aryl methyl sites for hydroxylation is 1. The van der Waals surface area contributed by atoms with Gasteiger partial charge in [-0.25, -0.2) is 0 Å². The number of ether oxygens (including phenoxy) is 2. The maximum atomic E-state index is 13.4. The molecule has 0 radical (unpaired) electrons. The number of hydrogen-bond donors (Lipinski definition) is 1. The molecule has 0 spiro atoms. The molecule has 0 amide bonds. The highest BCUT2D eigenvalue weighted by Gasteiger charge is 2.33. The average Bonchev–Trinajstić information content (AvgIpc) is 2.71. The first-order chi connectivity index (χ1) is 14.2. The number of carboxylic acid groups (broad SMARTS) is 1. The first-order valence-corrected chi connectivity index (χ1v) is 9.71. The van der Waals surface area contributed by atoms with Crippen molar-refractivity contribution in [2.75, 3.05) is 19.8 Å². The second kappa shape index (κ2) is 9.53. The van der Waals surface area contributed by atoms with Crippen LogP contribution in [-0.4, -0.2) is 30.9 Å². The molecule has 1 N–H and O–H groups in total. The van der Waals surface area contributed by atoms with Crippen molar-refractivity contribution < 1.29 is 32.5 Å². The Morgan fingerprint density at radius 1 is 1.17 bits per heavy atom. The SMILES string of the molecule is O=C(O)CCc1ccc(OCC2=C(c3ccc(Cl)cc3)COCC2)cc1C(F)(F)F. The molecule has 0 saturated carbocycles. The monoisotopic (exact) mass is 440 g/mol. The van der Waals surface area contributed by atoms with Crippen LogP contribution in [0.4, 0.5) is 13.2 Å². The van der Waals surface area contributed by atoms with Gasteiger partial charge in [0.15, 0.2) is 0 Å². The number of alkyl halides is 3. The zero-order valence-electron chi connectivity index (χ0n) is 16.0. The lowest BCUT2D eigenvalue weighted by molar-refractivity contribution is -0.140. The summed E-state index contributed by atoms with van der Waals surface area (Å²) in [6.45, 7) is 1.03. The van der Waals surface area contributed by atoms with E-state index in [9.17, 15) is 18.0 Å². The average molecular weight is 441 g/mol. The van der Waals surface area contributed by atoms with E-state index in [0.29, 0.717) is 24.7 Å². The van der Waals surface area contributed by atoms with Crippen molar-refractivity contribution in [3.8, 4) is 5.75 Å². The lowest BCUT2D eigenvalue weighted by Crippen LogP contribution is -2.16. The number of carbonyl (C=O) groups is 1. The van der Waals surface area contributed by atoms with Gasteiger partial charge < -0.3 is 14.6 Å². The van der Waals surface area contributed by atoms with E-state index in [1.807, 2.05) is 12.1 Å². The summed E-state index contributed by atoms with van der Waals surface area (Å²) in [5, 5.41) is 9.36. The predicted octanol–water partition coefficient (Wildman–Crippen LogP) is 5.63. The van der Waals surface area contributed by atoms with Crippen molar-refractivity contribution in [2.24, 2.45) is 0 Å². The Hall–Kier alpha value is -2.51. The maximum absolute atomic E-state index is 13.4. The molecule has 0 atom stereocenters. The first kappa shape index (κ1) is 22.2. The molecular weight excluding hydrogens is 421 g/mol. The molecule has 0 saturated heterocycles. The van der Waals surface area contributed by atoms with E-state index in [2.05, 4.69) is 0 Å². The fourth-order valence-electron chi connectivity index (χ4n) is 3.26. The molecule has 0 bridgehead atoms. The second-order valence-corrected chi connectivity index (χ2v) is 7.33. The van der Waals surface area contributed by atoms with Gasteiger partial charge in [-0.2, -0.15) is 13.2 Å².